The van der Waals surface area contributed by atoms with Crippen LogP contribution in [0.25, 0.3) is 0 Å². The van der Waals surface area contributed by atoms with Crippen LogP contribution in [0, 0.1) is 0 Å². The minimum absolute atomic E-state index is 0.144. The van der Waals surface area contributed by atoms with Gasteiger partial charge in [0.1, 0.15) is 12.2 Å². The third-order valence-electron chi connectivity index (χ3n) is 2.13. The molecule has 0 spiro atoms. The van der Waals surface area contributed by atoms with Gasteiger partial charge in [0.2, 0.25) is 0 Å². The first-order chi connectivity index (χ1) is 5.92. The molecular formula is C7H12N4O. The van der Waals surface area contributed by atoms with E-state index in [1.807, 2.05) is 4.57 Å². The highest BCUT2D eigenvalue weighted by Gasteiger charge is 2.23. The second kappa shape index (κ2) is 3.20. The van der Waals surface area contributed by atoms with Crippen molar-refractivity contribution in [1.29, 1.82) is 0 Å². The number of aliphatic hydroxyl groups excluding tert-OH is 1. The molecule has 0 unspecified atom stereocenters. The first-order valence-corrected chi connectivity index (χ1v) is 4.11. The summed E-state index contributed by atoms with van der Waals surface area (Å²) in [5, 5.41) is 19.8. The first kappa shape index (κ1) is 7.70. The molecule has 12 heavy (non-hydrogen) atoms. The zero-order valence-electron chi connectivity index (χ0n) is 6.77. The Balaban J connectivity index is 2.12. The summed E-state index contributed by atoms with van der Waals surface area (Å²) in [4.78, 5) is 0. The van der Waals surface area contributed by atoms with Crippen LogP contribution in [-0.4, -0.2) is 39.6 Å². The van der Waals surface area contributed by atoms with E-state index in [2.05, 4.69) is 15.5 Å². The van der Waals surface area contributed by atoms with Gasteiger partial charge in [-0.1, -0.05) is 0 Å². The topological polar surface area (TPSA) is 63.0 Å². The molecule has 1 aliphatic heterocycles. The van der Waals surface area contributed by atoms with Crippen molar-refractivity contribution in [2.45, 2.75) is 12.5 Å². The molecule has 1 aliphatic rings. The van der Waals surface area contributed by atoms with Gasteiger partial charge < -0.3 is 15.0 Å². The van der Waals surface area contributed by atoms with Gasteiger partial charge in [-0.25, -0.2) is 0 Å². The summed E-state index contributed by atoms with van der Waals surface area (Å²) >= 11 is 0. The van der Waals surface area contributed by atoms with Crippen LogP contribution in [0.4, 0.5) is 0 Å². The average molecular weight is 168 g/mol. The van der Waals surface area contributed by atoms with Crippen molar-refractivity contribution in [3.63, 3.8) is 0 Å². The highest BCUT2D eigenvalue weighted by Crippen LogP contribution is 2.16. The van der Waals surface area contributed by atoms with Crippen LogP contribution in [0.3, 0.4) is 0 Å². The molecule has 0 saturated carbocycles. The van der Waals surface area contributed by atoms with Crippen LogP contribution >= 0.6 is 0 Å². The molecule has 1 aromatic rings. The molecule has 0 amide bonds. The molecular weight excluding hydrogens is 156 g/mol. The third kappa shape index (κ3) is 1.21. The van der Waals surface area contributed by atoms with Crippen molar-refractivity contribution in [3.8, 4) is 0 Å². The minimum Gasteiger partial charge on any atom is -0.395 e. The van der Waals surface area contributed by atoms with Crippen molar-refractivity contribution in [2.75, 3.05) is 19.7 Å². The van der Waals surface area contributed by atoms with Gasteiger partial charge in [0.15, 0.2) is 0 Å². The zero-order valence-corrected chi connectivity index (χ0v) is 6.77. The Bertz CT molecular complexity index is 256. The minimum atomic E-state index is 0.144. The number of aromatic nitrogens is 3. The van der Waals surface area contributed by atoms with E-state index in [1.54, 1.807) is 6.33 Å². The summed E-state index contributed by atoms with van der Waals surface area (Å²) in [6.45, 7) is 2.69. The Hall–Kier alpha value is -0.940. The quantitative estimate of drug-likeness (QED) is 0.605. The maximum Gasteiger partial charge on any atom is 0.138 e. The van der Waals surface area contributed by atoms with E-state index in [0.29, 0.717) is 12.5 Å². The first-order valence-electron chi connectivity index (χ1n) is 4.11. The van der Waals surface area contributed by atoms with E-state index in [0.717, 1.165) is 18.9 Å². The molecule has 2 heterocycles. The van der Waals surface area contributed by atoms with E-state index in [-0.39, 0.29) is 6.61 Å². The predicted molar refractivity (Wildman–Crippen MR) is 42.7 cm³/mol. The standard InChI is InChI=1S/C7H12N4O/c12-2-1-11-5-9-10-7(11)6-3-8-4-6/h5-6,8,12H,1-4H2. The largest absolute Gasteiger partial charge is 0.395 e. The SMILES string of the molecule is OCCn1cnnc1C1CNC1. The van der Waals surface area contributed by atoms with Crippen molar-refractivity contribution >= 4 is 0 Å². The van der Waals surface area contributed by atoms with Gasteiger partial charge in [-0.3, -0.25) is 0 Å². The van der Waals surface area contributed by atoms with Crippen LogP contribution in [-0.2, 0) is 6.54 Å². The van der Waals surface area contributed by atoms with E-state index in [4.69, 9.17) is 5.11 Å². The summed E-state index contributed by atoms with van der Waals surface area (Å²) in [6, 6.07) is 0. The van der Waals surface area contributed by atoms with Crippen molar-refractivity contribution in [1.82, 2.24) is 20.1 Å². The van der Waals surface area contributed by atoms with Crippen molar-refractivity contribution in [3.05, 3.63) is 12.2 Å². The van der Waals surface area contributed by atoms with Gasteiger partial charge >= 0.3 is 0 Å². The van der Waals surface area contributed by atoms with Crippen LogP contribution in [0.5, 0.6) is 0 Å². The van der Waals surface area contributed by atoms with Crippen LogP contribution < -0.4 is 5.32 Å². The maximum absolute atomic E-state index is 8.74. The summed E-state index contributed by atoms with van der Waals surface area (Å²) < 4.78 is 1.91. The lowest BCUT2D eigenvalue weighted by Gasteiger charge is -2.26. The lowest BCUT2D eigenvalue weighted by Crippen LogP contribution is -2.41. The monoisotopic (exact) mass is 168 g/mol. The molecule has 0 atom stereocenters. The predicted octanol–water partition coefficient (Wildman–Crippen LogP) is -1.04. The molecule has 1 aromatic heterocycles. The molecule has 0 radical (unpaired) electrons. The van der Waals surface area contributed by atoms with E-state index in [1.165, 1.54) is 0 Å². The highest BCUT2D eigenvalue weighted by molar-refractivity contribution is 5.03. The highest BCUT2D eigenvalue weighted by atomic mass is 16.3. The average Bonchev–Trinajstić information content (AvgIpc) is 2.35. The fourth-order valence-corrected chi connectivity index (χ4v) is 1.33. The smallest absolute Gasteiger partial charge is 0.138 e. The molecule has 2 rings (SSSR count). The molecule has 0 bridgehead atoms. The van der Waals surface area contributed by atoms with Crippen LogP contribution in [0.2, 0.25) is 0 Å². The van der Waals surface area contributed by atoms with E-state index < -0.39 is 0 Å². The summed E-state index contributed by atoms with van der Waals surface area (Å²) in [6.07, 6.45) is 1.67. The lowest BCUT2D eigenvalue weighted by atomic mass is 10.0. The van der Waals surface area contributed by atoms with Gasteiger partial charge in [-0.05, 0) is 0 Å². The second-order valence-corrected chi connectivity index (χ2v) is 2.96. The Morgan fingerprint density at radius 3 is 3.08 bits per heavy atom. The molecule has 0 aromatic carbocycles. The van der Waals surface area contributed by atoms with Gasteiger partial charge in [0, 0.05) is 25.6 Å². The van der Waals surface area contributed by atoms with Crippen molar-refractivity contribution < 1.29 is 5.11 Å². The number of aliphatic hydroxyl groups is 1. The maximum atomic E-state index is 8.74. The second-order valence-electron chi connectivity index (χ2n) is 2.96. The Morgan fingerprint density at radius 1 is 1.67 bits per heavy atom. The van der Waals surface area contributed by atoms with E-state index in [9.17, 15) is 0 Å². The summed E-state index contributed by atoms with van der Waals surface area (Å²) in [7, 11) is 0. The molecule has 2 N–H and O–H groups in total. The van der Waals surface area contributed by atoms with Gasteiger partial charge in [-0.2, -0.15) is 0 Å². The fourth-order valence-electron chi connectivity index (χ4n) is 1.33. The Morgan fingerprint density at radius 2 is 2.50 bits per heavy atom. The summed E-state index contributed by atoms with van der Waals surface area (Å²) in [5.74, 6) is 1.47. The zero-order chi connectivity index (χ0) is 8.39. The normalized spacial score (nSPS) is 17.8. The lowest BCUT2D eigenvalue weighted by molar-refractivity contribution is 0.270. The number of hydrogen-bond acceptors (Lipinski definition) is 4. The van der Waals surface area contributed by atoms with Gasteiger partial charge in [-0.15, -0.1) is 10.2 Å². The summed E-state index contributed by atoms with van der Waals surface area (Å²) in [5.41, 5.74) is 0. The molecule has 1 fully saturated rings. The van der Waals surface area contributed by atoms with Crippen LogP contribution in [0.15, 0.2) is 6.33 Å². The molecule has 1 saturated heterocycles. The number of hydrogen-bond donors (Lipinski definition) is 2. The molecule has 5 nitrogen and oxygen atoms in total. The molecule has 66 valence electrons. The molecule has 5 heteroatoms. The Kier molecular flexibility index (Phi) is 2.05. The third-order valence-corrected chi connectivity index (χ3v) is 2.13. The number of nitrogens with one attached hydrogen (secondary N) is 1. The fraction of sp³-hybridized carbons (Fsp3) is 0.714. The number of nitrogens with zero attached hydrogens (tertiary/aromatic N) is 3. The Labute approximate surface area is 70.4 Å². The van der Waals surface area contributed by atoms with Crippen LogP contribution in [0.1, 0.15) is 11.7 Å². The van der Waals surface area contributed by atoms with Gasteiger partial charge in [0.25, 0.3) is 0 Å². The van der Waals surface area contributed by atoms with Crippen molar-refractivity contribution in [2.24, 2.45) is 0 Å². The number of rotatable bonds is 3. The van der Waals surface area contributed by atoms with Gasteiger partial charge in [0.05, 0.1) is 6.61 Å². The molecule has 0 aliphatic carbocycles. The van der Waals surface area contributed by atoms with E-state index >= 15 is 0 Å².